The molecule has 0 bridgehead atoms. The van der Waals surface area contributed by atoms with Crippen molar-refractivity contribution in [2.45, 2.75) is 24.0 Å². The van der Waals surface area contributed by atoms with Crippen LogP contribution in [0.2, 0.25) is 0 Å². The maximum atomic E-state index is 3.99. The summed E-state index contributed by atoms with van der Waals surface area (Å²) in [5.74, 6) is 0. The molecular formula is C10H12N2S. The van der Waals surface area contributed by atoms with Crippen molar-refractivity contribution in [1.82, 2.24) is 10.2 Å². The second-order valence-electron chi connectivity index (χ2n) is 3.29. The number of thioether (sulfide) groups is 1. The Labute approximate surface area is 81.7 Å². The Kier molecular flexibility index (Phi) is 2.27. The molecule has 0 radical (unpaired) electrons. The van der Waals surface area contributed by atoms with Gasteiger partial charge in [0.05, 0.1) is 11.7 Å². The lowest BCUT2D eigenvalue weighted by molar-refractivity contribution is 1.11. The van der Waals surface area contributed by atoms with Crippen molar-refractivity contribution in [3.05, 3.63) is 24.4 Å². The van der Waals surface area contributed by atoms with Crippen LogP contribution in [0.4, 0.5) is 0 Å². The lowest BCUT2D eigenvalue weighted by Gasteiger charge is -2.03. The zero-order chi connectivity index (χ0) is 9.26. The molecule has 0 aliphatic carbocycles. The molecule has 0 unspecified atom stereocenters. The van der Waals surface area contributed by atoms with E-state index in [9.17, 15) is 0 Å². The molecule has 0 amide bonds. The average Bonchev–Trinajstić information content (AvgIpc) is 2.49. The van der Waals surface area contributed by atoms with Gasteiger partial charge in [-0.1, -0.05) is 19.9 Å². The van der Waals surface area contributed by atoms with E-state index in [4.69, 9.17) is 0 Å². The van der Waals surface area contributed by atoms with Crippen molar-refractivity contribution in [2.24, 2.45) is 0 Å². The van der Waals surface area contributed by atoms with Gasteiger partial charge in [-0.2, -0.15) is 5.10 Å². The van der Waals surface area contributed by atoms with E-state index in [1.807, 2.05) is 18.0 Å². The van der Waals surface area contributed by atoms with Crippen LogP contribution in [0.15, 0.2) is 29.3 Å². The minimum atomic E-state index is 0.625. The third kappa shape index (κ3) is 1.86. The van der Waals surface area contributed by atoms with Crippen LogP contribution in [0.1, 0.15) is 13.8 Å². The van der Waals surface area contributed by atoms with Gasteiger partial charge in [-0.25, -0.2) is 0 Å². The summed E-state index contributed by atoms with van der Waals surface area (Å²) in [6.07, 6.45) is 1.85. The molecule has 1 aromatic carbocycles. The van der Waals surface area contributed by atoms with E-state index in [0.717, 1.165) is 5.52 Å². The van der Waals surface area contributed by atoms with Crippen molar-refractivity contribution >= 4 is 22.7 Å². The number of aromatic nitrogens is 2. The Morgan fingerprint density at radius 3 is 3.00 bits per heavy atom. The maximum absolute atomic E-state index is 3.99. The number of fused-ring (bicyclic) bond motifs is 1. The first-order valence-electron chi connectivity index (χ1n) is 4.35. The molecule has 0 atom stereocenters. The summed E-state index contributed by atoms with van der Waals surface area (Å²) < 4.78 is 0. The van der Waals surface area contributed by atoms with Gasteiger partial charge in [0.2, 0.25) is 0 Å². The molecule has 0 saturated carbocycles. The van der Waals surface area contributed by atoms with E-state index in [0.29, 0.717) is 5.25 Å². The lowest BCUT2D eigenvalue weighted by atomic mass is 10.3. The van der Waals surface area contributed by atoms with Crippen LogP contribution < -0.4 is 0 Å². The molecule has 0 aliphatic heterocycles. The Balaban J connectivity index is 2.37. The second-order valence-corrected chi connectivity index (χ2v) is 4.94. The number of benzene rings is 1. The number of hydrogen-bond acceptors (Lipinski definition) is 2. The molecule has 0 spiro atoms. The van der Waals surface area contributed by atoms with Crippen molar-refractivity contribution < 1.29 is 0 Å². The van der Waals surface area contributed by atoms with Crippen LogP contribution in [0.5, 0.6) is 0 Å². The fraction of sp³-hybridized carbons (Fsp3) is 0.300. The fourth-order valence-electron chi connectivity index (χ4n) is 1.26. The SMILES string of the molecule is CC(C)Sc1ccc2cn[nH]c2c1. The highest BCUT2D eigenvalue weighted by molar-refractivity contribution is 7.99. The molecule has 1 aromatic heterocycles. The smallest absolute Gasteiger partial charge is 0.0661 e. The Morgan fingerprint density at radius 1 is 1.38 bits per heavy atom. The lowest BCUT2D eigenvalue weighted by Crippen LogP contribution is -1.85. The first-order chi connectivity index (χ1) is 6.25. The summed E-state index contributed by atoms with van der Waals surface area (Å²) in [5, 5.41) is 8.76. The van der Waals surface area contributed by atoms with Crippen LogP contribution in [0.3, 0.4) is 0 Å². The second kappa shape index (κ2) is 3.42. The van der Waals surface area contributed by atoms with Crippen molar-refractivity contribution in [1.29, 1.82) is 0 Å². The molecule has 2 rings (SSSR count). The van der Waals surface area contributed by atoms with Gasteiger partial charge in [-0.3, -0.25) is 5.10 Å². The molecule has 68 valence electrons. The van der Waals surface area contributed by atoms with Gasteiger partial charge in [-0.15, -0.1) is 11.8 Å². The Bertz CT molecular complexity index is 406. The summed E-state index contributed by atoms with van der Waals surface area (Å²) in [6, 6.07) is 6.39. The average molecular weight is 192 g/mol. The van der Waals surface area contributed by atoms with Gasteiger partial charge in [0, 0.05) is 15.5 Å². The largest absolute Gasteiger partial charge is 0.278 e. The first kappa shape index (κ1) is 8.63. The van der Waals surface area contributed by atoms with Gasteiger partial charge in [0.15, 0.2) is 0 Å². The standard InChI is InChI=1S/C10H12N2S/c1-7(2)13-9-4-3-8-6-11-12-10(8)5-9/h3-7H,1-2H3,(H,11,12). The van der Waals surface area contributed by atoms with Gasteiger partial charge in [0.1, 0.15) is 0 Å². The van der Waals surface area contributed by atoms with Crippen LogP contribution in [0, 0.1) is 0 Å². The van der Waals surface area contributed by atoms with E-state index in [-0.39, 0.29) is 0 Å². The van der Waals surface area contributed by atoms with E-state index >= 15 is 0 Å². The van der Waals surface area contributed by atoms with Crippen molar-refractivity contribution in [3.63, 3.8) is 0 Å². The highest BCUT2D eigenvalue weighted by Gasteiger charge is 2.00. The molecule has 13 heavy (non-hydrogen) atoms. The third-order valence-corrected chi connectivity index (χ3v) is 2.78. The van der Waals surface area contributed by atoms with Crippen molar-refractivity contribution in [2.75, 3.05) is 0 Å². The molecule has 3 heteroatoms. The molecule has 1 N–H and O–H groups in total. The molecule has 1 heterocycles. The first-order valence-corrected chi connectivity index (χ1v) is 5.23. The number of nitrogens with zero attached hydrogens (tertiary/aromatic N) is 1. The highest BCUT2D eigenvalue weighted by Crippen LogP contribution is 2.25. The molecule has 2 aromatic rings. The molecule has 0 fully saturated rings. The summed E-state index contributed by atoms with van der Waals surface area (Å²) in [6.45, 7) is 4.39. The minimum absolute atomic E-state index is 0.625. The zero-order valence-corrected chi connectivity index (χ0v) is 8.56. The quantitative estimate of drug-likeness (QED) is 0.741. The van der Waals surface area contributed by atoms with Crippen LogP contribution in [-0.4, -0.2) is 15.4 Å². The van der Waals surface area contributed by atoms with Crippen LogP contribution in [0.25, 0.3) is 10.9 Å². The zero-order valence-electron chi connectivity index (χ0n) is 7.74. The van der Waals surface area contributed by atoms with Gasteiger partial charge >= 0.3 is 0 Å². The highest BCUT2D eigenvalue weighted by atomic mass is 32.2. The van der Waals surface area contributed by atoms with Crippen LogP contribution in [-0.2, 0) is 0 Å². The van der Waals surface area contributed by atoms with Crippen LogP contribution >= 0.6 is 11.8 Å². The van der Waals surface area contributed by atoms with E-state index in [1.165, 1.54) is 10.3 Å². The molecular weight excluding hydrogens is 180 g/mol. The summed E-state index contributed by atoms with van der Waals surface area (Å²) >= 11 is 1.87. The van der Waals surface area contributed by atoms with E-state index < -0.39 is 0 Å². The van der Waals surface area contributed by atoms with E-state index in [2.05, 4.69) is 42.2 Å². The minimum Gasteiger partial charge on any atom is -0.278 e. The van der Waals surface area contributed by atoms with Crippen molar-refractivity contribution in [3.8, 4) is 0 Å². The summed E-state index contributed by atoms with van der Waals surface area (Å²) in [4.78, 5) is 1.30. The van der Waals surface area contributed by atoms with Gasteiger partial charge < -0.3 is 0 Å². The number of rotatable bonds is 2. The maximum Gasteiger partial charge on any atom is 0.0661 e. The Morgan fingerprint density at radius 2 is 2.23 bits per heavy atom. The topological polar surface area (TPSA) is 28.7 Å². The number of hydrogen-bond donors (Lipinski definition) is 1. The predicted molar refractivity (Wildman–Crippen MR) is 57.1 cm³/mol. The number of H-pyrrole nitrogens is 1. The van der Waals surface area contributed by atoms with Gasteiger partial charge in [0.25, 0.3) is 0 Å². The van der Waals surface area contributed by atoms with Gasteiger partial charge in [-0.05, 0) is 12.1 Å². The number of nitrogens with one attached hydrogen (secondary N) is 1. The molecule has 0 aliphatic rings. The van der Waals surface area contributed by atoms with E-state index in [1.54, 1.807) is 0 Å². The molecule has 0 saturated heterocycles. The summed E-state index contributed by atoms with van der Waals surface area (Å²) in [7, 11) is 0. The summed E-state index contributed by atoms with van der Waals surface area (Å²) in [5.41, 5.74) is 1.12. The Hall–Kier alpha value is -0.960. The third-order valence-electron chi connectivity index (χ3n) is 1.79. The predicted octanol–water partition coefficient (Wildman–Crippen LogP) is 3.06. The monoisotopic (exact) mass is 192 g/mol. The molecule has 2 nitrogen and oxygen atoms in total. The fourth-order valence-corrected chi connectivity index (χ4v) is 2.14. The normalized spacial score (nSPS) is 11.3. The number of aromatic amines is 1.